The van der Waals surface area contributed by atoms with Crippen molar-refractivity contribution in [2.45, 2.75) is 26.2 Å². The van der Waals surface area contributed by atoms with Crippen molar-refractivity contribution in [1.82, 2.24) is 9.97 Å². The molecule has 2 heterocycles. The molecule has 1 aromatic rings. The Balaban J connectivity index is 2.25. The van der Waals surface area contributed by atoms with E-state index in [1.165, 1.54) is 6.33 Å². The van der Waals surface area contributed by atoms with Crippen LogP contribution in [-0.4, -0.2) is 29.7 Å². The Morgan fingerprint density at radius 3 is 2.82 bits per heavy atom. The van der Waals surface area contributed by atoms with Crippen LogP contribution in [0.5, 0.6) is 0 Å². The highest BCUT2D eigenvalue weighted by Gasteiger charge is 2.27. The molecule has 0 amide bonds. The van der Waals surface area contributed by atoms with E-state index in [-0.39, 0.29) is 24.3 Å². The van der Waals surface area contributed by atoms with E-state index in [9.17, 15) is 8.78 Å². The molecule has 1 saturated heterocycles. The van der Waals surface area contributed by atoms with Gasteiger partial charge in [-0.05, 0) is 12.3 Å². The third-order valence-corrected chi connectivity index (χ3v) is 3.15. The summed E-state index contributed by atoms with van der Waals surface area (Å²) in [7, 11) is 0. The summed E-state index contributed by atoms with van der Waals surface area (Å²) in [5, 5.41) is 0. The van der Waals surface area contributed by atoms with E-state index < -0.39 is 0 Å². The first-order valence-corrected chi connectivity index (χ1v) is 5.94. The van der Waals surface area contributed by atoms with E-state index >= 15 is 0 Å². The Morgan fingerprint density at radius 1 is 1.47 bits per heavy atom. The van der Waals surface area contributed by atoms with Gasteiger partial charge in [-0.15, -0.1) is 0 Å². The quantitative estimate of drug-likeness (QED) is 0.814. The summed E-state index contributed by atoms with van der Waals surface area (Å²) in [6.07, 6.45) is 2.15. The first-order chi connectivity index (χ1) is 8.13. The number of alkyl halides is 1. The molecule has 1 atom stereocenters. The topological polar surface area (TPSA) is 29.0 Å². The minimum Gasteiger partial charge on any atom is -0.354 e. The van der Waals surface area contributed by atoms with Gasteiger partial charge in [0, 0.05) is 19.0 Å². The first kappa shape index (κ1) is 12.2. The van der Waals surface area contributed by atoms with Gasteiger partial charge >= 0.3 is 0 Å². The van der Waals surface area contributed by atoms with Crippen molar-refractivity contribution >= 4 is 5.82 Å². The fourth-order valence-electron chi connectivity index (χ4n) is 2.15. The van der Waals surface area contributed by atoms with E-state index in [1.54, 1.807) is 0 Å². The molecule has 1 unspecified atom stereocenters. The molecule has 0 radical (unpaired) electrons. The number of aromatic nitrogens is 2. The van der Waals surface area contributed by atoms with Gasteiger partial charge in [-0.25, -0.2) is 14.4 Å². The van der Waals surface area contributed by atoms with Crippen molar-refractivity contribution < 1.29 is 8.78 Å². The molecule has 5 heteroatoms. The molecule has 17 heavy (non-hydrogen) atoms. The van der Waals surface area contributed by atoms with Crippen LogP contribution in [0, 0.1) is 11.7 Å². The normalized spacial score (nSPS) is 20.3. The average molecular weight is 241 g/mol. The van der Waals surface area contributed by atoms with Crippen LogP contribution in [0.1, 0.15) is 31.9 Å². The average Bonchev–Trinajstić information content (AvgIpc) is 2.77. The maximum Gasteiger partial charge on any atom is 0.187 e. The molecule has 94 valence electrons. The highest BCUT2D eigenvalue weighted by molar-refractivity contribution is 5.42. The first-order valence-electron chi connectivity index (χ1n) is 5.94. The minimum absolute atomic E-state index is 0.00636. The summed E-state index contributed by atoms with van der Waals surface area (Å²) < 4.78 is 26.7. The molecule has 0 spiro atoms. The number of nitrogens with zero attached hydrogens (tertiary/aromatic N) is 3. The monoisotopic (exact) mass is 241 g/mol. The van der Waals surface area contributed by atoms with Gasteiger partial charge in [-0.2, -0.15) is 0 Å². The summed E-state index contributed by atoms with van der Waals surface area (Å²) >= 11 is 0. The number of rotatable bonds is 3. The molecular formula is C12H17F2N3. The van der Waals surface area contributed by atoms with Crippen LogP contribution in [0.3, 0.4) is 0 Å². The molecule has 1 aromatic heterocycles. The van der Waals surface area contributed by atoms with Gasteiger partial charge in [0.2, 0.25) is 0 Å². The summed E-state index contributed by atoms with van der Waals surface area (Å²) in [6, 6.07) is 0. The molecule has 1 aliphatic rings. The summed E-state index contributed by atoms with van der Waals surface area (Å²) in [5.74, 6) is -0.00940. The third kappa shape index (κ3) is 2.37. The second-order valence-corrected chi connectivity index (χ2v) is 4.81. The minimum atomic E-state index is -0.359. The zero-order valence-electron chi connectivity index (χ0n) is 10.2. The van der Waals surface area contributed by atoms with Crippen LogP contribution in [0.15, 0.2) is 6.33 Å². The van der Waals surface area contributed by atoms with Crippen molar-refractivity contribution in [3.05, 3.63) is 17.8 Å². The SMILES string of the molecule is CC(C)c1ncnc(N2CCC(CF)C2)c1F. The maximum atomic E-state index is 14.1. The Kier molecular flexibility index (Phi) is 3.54. The van der Waals surface area contributed by atoms with Crippen molar-refractivity contribution in [2.24, 2.45) is 5.92 Å². The van der Waals surface area contributed by atoms with E-state index in [1.807, 2.05) is 18.7 Å². The lowest BCUT2D eigenvalue weighted by molar-refractivity contribution is 0.384. The van der Waals surface area contributed by atoms with Crippen LogP contribution in [0.2, 0.25) is 0 Å². The fourth-order valence-corrected chi connectivity index (χ4v) is 2.15. The lowest BCUT2D eigenvalue weighted by Gasteiger charge is -2.19. The second kappa shape index (κ2) is 4.94. The Morgan fingerprint density at radius 2 is 2.24 bits per heavy atom. The predicted octanol–water partition coefficient (Wildman–Crippen LogP) is 2.53. The van der Waals surface area contributed by atoms with E-state index in [2.05, 4.69) is 9.97 Å². The highest BCUT2D eigenvalue weighted by Crippen LogP contribution is 2.27. The molecule has 3 nitrogen and oxygen atoms in total. The van der Waals surface area contributed by atoms with Crippen LogP contribution >= 0.6 is 0 Å². The molecular weight excluding hydrogens is 224 g/mol. The van der Waals surface area contributed by atoms with E-state index in [0.29, 0.717) is 24.6 Å². The molecule has 1 aliphatic heterocycles. The van der Waals surface area contributed by atoms with Gasteiger partial charge < -0.3 is 4.90 Å². The molecule has 0 bridgehead atoms. The number of halogens is 2. The molecule has 0 saturated carbocycles. The largest absolute Gasteiger partial charge is 0.354 e. The fraction of sp³-hybridized carbons (Fsp3) is 0.667. The van der Waals surface area contributed by atoms with E-state index in [0.717, 1.165) is 6.42 Å². The Labute approximate surface area is 99.9 Å². The standard InChI is InChI=1S/C12H17F2N3/c1-8(2)11-10(14)12(16-7-15-11)17-4-3-9(5-13)6-17/h7-9H,3-6H2,1-2H3. The summed E-state index contributed by atoms with van der Waals surface area (Å²) in [4.78, 5) is 9.76. The number of anilines is 1. The van der Waals surface area contributed by atoms with Gasteiger partial charge in [0.05, 0.1) is 12.4 Å². The highest BCUT2D eigenvalue weighted by atomic mass is 19.1. The van der Waals surface area contributed by atoms with Gasteiger partial charge in [-0.3, -0.25) is 4.39 Å². The molecule has 0 aromatic carbocycles. The third-order valence-electron chi connectivity index (χ3n) is 3.15. The lowest BCUT2D eigenvalue weighted by Crippen LogP contribution is -2.23. The summed E-state index contributed by atoms with van der Waals surface area (Å²) in [6.45, 7) is 4.65. The molecule has 2 rings (SSSR count). The maximum absolute atomic E-state index is 14.1. The molecule has 1 fully saturated rings. The predicted molar refractivity (Wildman–Crippen MR) is 62.4 cm³/mol. The smallest absolute Gasteiger partial charge is 0.187 e. The van der Waals surface area contributed by atoms with Crippen LogP contribution in [0.4, 0.5) is 14.6 Å². The van der Waals surface area contributed by atoms with Crippen LogP contribution in [0.25, 0.3) is 0 Å². The van der Waals surface area contributed by atoms with Gasteiger partial charge in [-0.1, -0.05) is 13.8 Å². The zero-order chi connectivity index (χ0) is 12.4. The lowest BCUT2D eigenvalue weighted by atomic mass is 10.1. The van der Waals surface area contributed by atoms with Crippen molar-refractivity contribution in [3.63, 3.8) is 0 Å². The van der Waals surface area contributed by atoms with E-state index in [4.69, 9.17) is 0 Å². The Hall–Kier alpha value is -1.26. The van der Waals surface area contributed by atoms with Crippen molar-refractivity contribution in [1.29, 1.82) is 0 Å². The zero-order valence-corrected chi connectivity index (χ0v) is 10.2. The second-order valence-electron chi connectivity index (χ2n) is 4.81. The van der Waals surface area contributed by atoms with Crippen LogP contribution in [-0.2, 0) is 0 Å². The van der Waals surface area contributed by atoms with Crippen molar-refractivity contribution in [2.75, 3.05) is 24.7 Å². The Bertz CT molecular complexity index is 395. The molecule has 0 N–H and O–H groups in total. The van der Waals surface area contributed by atoms with Crippen LogP contribution < -0.4 is 4.90 Å². The molecule has 0 aliphatic carbocycles. The summed E-state index contributed by atoms with van der Waals surface area (Å²) in [5.41, 5.74) is 0.429. The number of hydrogen-bond donors (Lipinski definition) is 0. The van der Waals surface area contributed by atoms with Gasteiger partial charge in [0.25, 0.3) is 0 Å². The van der Waals surface area contributed by atoms with Crippen molar-refractivity contribution in [3.8, 4) is 0 Å². The van der Waals surface area contributed by atoms with Gasteiger partial charge in [0.15, 0.2) is 11.6 Å². The number of hydrogen-bond acceptors (Lipinski definition) is 3. The van der Waals surface area contributed by atoms with Gasteiger partial charge in [0.1, 0.15) is 6.33 Å².